The Morgan fingerprint density at radius 3 is 2.19 bits per heavy atom. The van der Waals surface area contributed by atoms with Crippen molar-refractivity contribution in [2.24, 2.45) is 0 Å². The lowest BCUT2D eigenvalue weighted by atomic mass is 9.69. The molecule has 1 aliphatic carbocycles. The standard InChI is InChI=1S/C26H33N3OS/c27-21-26(22-7-3-1-4-8-22)13-11-23(12-14-26)29-17-15-28(16-18-29)19-24(30)20-31-25-9-5-2-6-10-25/h1-10,23-24,30H,11-20H2/t23-,24?,26-. The van der Waals surface area contributed by atoms with E-state index in [9.17, 15) is 10.4 Å². The Bertz CT molecular complexity index is 838. The SMILES string of the molecule is N#C[C@]1(c2ccccc2)CC[C@H](N2CCN(CC(O)CSc3ccccc3)CC2)CC1. The van der Waals surface area contributed by atoms with Gasteiger partial charge in [0.05, 0.1) is 17.6 Å². The minimum Gasteiger partial charge on any atom is -0.391 e. The quantitative estimate of drug-likeness (QED) is 0.662. The van der Waals surface area contributed by atoms with Crippen LogP contribution in [0, 0.1) is 11.3 Å². The van der Waals surface area contributed by atoms with E-state index in [1.165, 1.54) is 10.5 Å². The molecule has 0 amide bonds. The summed E-state index contributed by atoms with van der Waals surface area (Å²) in [4.78, 5) is 6.24. The average molecular weight is 436 g/mol. The molecule has 1 unspecified atom stereocenters. The van der Waals surface area contributed by atoms with Crippen LogP contribution < -0.4 is 0 Å². The van der Waals surface area contributed by atoms with Crippen molar-refractivity contribution in [3.8, 4) is 6.07 Å². The number of nitriles is 1. The van der Waals surface area contributed by atoms with Gasteiger partial charge in [-0.2, -0.15) is 5.26 Å². The predicted molar refractivity (Wildman–Crippen MR) is 127 cm³/mol. The predicted octanol–water partition coefficient (Wildman–Crippen LogP) is 4.16. The second-order valence-corrected chi connectivity index (χ2v) is 10.00. The summed E-state index contributed by atoms with van der Waals surface area (Å²) in [5.41, 5.74) is 0.878. The van der Waals surface area contributed by atoms with Crippen LogP contribution in [-0.2, 0) is 5.41 Å². The molecule has 4 rings (SSSR count). The number of benzene rings is 2. The highest BCUT2D eigenvalue weighted by Crippen LogP contribution is 2.40. The molecule has 2 aliphatic rings. The van der Waals surface area contributed by atoms with Crippen molar-refractivity contribution >= 4 is 11.8 Å². The number of nitrogens with zero attached hydrogens (tertiary/aromatic N) is 3. The van der Waals surface area contributed by atoms with Crippen molar-refractivity contribution in [3.63, 3.8) is 0 Å². The molecular weight excluding hydrogens is 402 g/mol. The highest BCUT2D eigenvalue weighted by atomic mass is 32.2. The number of hydrogen-bond acceptors (Lipinski definition) is 5. The zero-order valence-electron chi connectivity index (χ0n) is 18.2. The second-order valence-electron chi connectivity index (χ2n) is 8.91. The number of rotatable bonds is 7. The van der Waals surface area contributed by atoms with Crippen LogP contribution in [-0.4, -0.2) is 65.5 Å². The zero-order chi connectivity index (χ0) is 21.5. The lowest BCUT2D eigenvalue weighted by Gasteiger charge is -2.44. The third kappa shape index (κ3) is 5.70. The van der Waals surface area contributed by atoms with E-state index >= 15 is 0 Å². The molecule has 0 aromatic heterocycles. The minimum absolute atomic E-state index is 0.298. The van der Waals surface area contributed by atoms with Gasteiger partial charge in [0.25, 0.3) is 0 Å². The maximum Gasteiger partial charge on any atom is 0.0823 e. The van der Waals surface area contributed by atoms with Gasteiger partial charge in [-0.15, -0.1) is 11.8 Å². The van der Waals surface area contributed by atoms with Crippen molar-refractivity contribution in [3.05, 3.63) is 66.2 Å². The number of hydrogen-bond donors (Lipinski definition) is 1. The number of piperazine rings is 1. The van der Waals surface area contributed by atoms with Gasteiger partial charge in [-0.05, 0) is 43.4 Å². The summed E-state index contributed by atoms with van der Waals surface area (Å²) in [6, 6.07) is 23.9. The minimum atomic E-state index is -0.305. The van der Waals surface area contributed by atoms with Crippen LogP contribution in [0.25, 0.3) is 0 Å². The second kappa shape index (κ2) is 10.7. The molecule has 1 N–H and O–H groups in total. The van der Waals surface area contributed by atoms with E-state index in [0.29, 0.717) is 6.04 Å². The van der Waals surface area contributed by atoms with Gasteiger partial charge in [-0.25, -0.2) is 0 Å². The van der Waals surface area contributed by atoms with E-state index in [0.717, 1.165) is 64.2 Å². The molecule has 2 fully saturated rings. The Hall–Kier alpha value is -1.84. The maximum absolute atomic E-state index is 10.5. The Balaban J connectivity index is 1.20. The Kier molecular flexibility index (Phi) is 7.68. The summed E-state index contributed by atoms with van der Waals surface area (Å²) in [5.74, 6) is 0.739. The third-order valence-electron chi connectivity index (χ3n) is 6.93. The van der Waals surface area contributed by atoms with Crippen LogP contribution in [0.3, 0.4) is 0 Å². The van der Waals surface area contributed by atoms with Gasteiger partial charge in [-0.3, -0.25) is 9.80 Å². The summed E-state index contributed by atoms with van der Waals surface area (Å²) in [5, 5.41) is 20.4. The molecule has 5 heteroatoms. The molecule has 0 spiro atoms. The molecule has 2 aromatic carbocycles. The molecular formula is C26H33N3OS. The fraction of sp³-hybridized carbons (Fsp3) is 0.500. The van der Waals surface area contributed by atoms with Crippen molar-refractivity contribution in [2.75, 3.05) is 38.5 Å². The van der Waals surface area contributed by atoms with E-state index in [-0.39, 0.29) is 11.5 Å². The molecule has 1 aliphatic heterocycles. The van der Waals surface area contributed by atoms with Crippen LogP contribution in [0.2, 0.25) is 0 Å². The lowest BCUT2D eigenvalue weighted by molar-refractivity contribution is 0.0489. The van der Waals surface area contributed by atoms with Gasteiger partial charge in [0, 0.05) is 49.4 Å². The Labute approximate surface area is 190 Å². The number of aliphatic hydroxyl groups excluding tert-OH is 1. The van der Waals surface area contributed by atoms with Gasteiger partial charge < -0.3 is 5.11 Å². The Morgan fingerprint density at radius 1 is 0.968 bits per heavy atom. The molecule has 1 heterocycles. The van der Waals surface area contributed by atoms with Crippen molar-refractivity contribution < 1.29 is 5.11 Å². The van der Waals surface area contributed by atoms with Crippen molar-refractivity contribution in [2.45, 2.75) is 48.1 Å². The fourth-order valence-electron chi connectivity index (χ4n) is 5.05. The first kappa shape index (κ1) is 22.4. The van der Waals surface area contributed by atoms with Crippen LogP contribution in [0.4, 0.5) is 0 Å². The van der Waals surface area contributed by atoms with Crippen LogP contribution in [0.1, 0.15) is 31.2 Å². The maximum atomic E-state index is 10.5. The van der Waals surface area contributed by atoms with Crippen LogP contribution >= 0.6 is 11.8 Å². The first-order valence-electron chi connectivity index (χ1n) is 11.5. The molecule has 1 atom stereocenters. The summed E-state index contributed by atoms with van der Waals surface area (Å²) in [6.07, 6.45) is 3.80. The van der Waals surface area contributed by atoms with E-state index in [1.807, 2.05) is 36.4 Å². The summed E-state index contributed by atoms with van der Waals surface area (Å²) >= 11 is 1.73. The average Bonchev–Trinajstić information content (AvgIpc) is 2.84. The molecule has 31 heavy (non-hydrogen) atoms. The summed E-state index contributed by atoms with van der Waals surface area (Å²) in [7, 11) is 0. The first-order valence-corrected chi connectivity index (χ1v) is 12.5. The Morgan fingerprint density at radius 2 is 1.58 bits per heavy atom. The lowest BCUT2D eigenvalue weighted by Crippen LogP contribution is -2.53. The molecule has 4 nitrogen and oxygen atoms in total. The van der Waals surface area contributed by atoms with Gasteiger partial charge in [0.2, 0.25) is 0 Å². The van der Waals surface area contributed by atoms with Gasteiger partial charge >= 0.3 is 0 Å². The van der Waals surface area contributed by atoms with Crippen molar-refractivity contribution in [1.82, 2.24) is 9.80 Å². The van der Waals surface area contributed by atoms with E-state index in [4.69, 9.17) is 0 Å². The van der Waals surface area contributed by atoms with E-state index in [1.54, 1.807) is 11.8 Å². The van der Waals surface area contributed by atoms with Crippen LogP contribution in [0.15, 0.2) is 65.6 Å². The smallest absolute Gasteiger partial charge is 0.0823 e. The monoisotopic (exact) mass is 435 g/mol. The molecule has 0 bridgehead atoms. The van der Waals surface area contributed by atoms with E-state index in [2.05, 4.69) is 40.1 Å². The first-order chi connectivity index (χ1) is 15.2. The van der Waals surface area contributed by atoms with Crippen LogP contribution in [0.5, 0.6) is 0 Å². The molecule has 1 saturated heterocycles. The van der Waals surface area contributed by atoms with E-state index < -0.39 is 0 Å². The largest absolute Gasteiger partial charge is 0.391 e. The van der Waals surface area contributed by atoms with Gasteiger partial charge in [0.15, 0.2) is 0 Å². The summed E-state index contributed by atoms with van der Waals surface area (Å²) in [6.45, 7) is 4.92. The third-order valence-corrected chi connectivity index (χ3v) is 8.08. The number of β-amino-alcohol motifs (C(OH)–C–C–N with tert-alkyl or cyclic N) is 1. The summed E-state index contributed by atoms with van der Waals surface area (Å²) < 4.78 is 0. The number of aliphatic hydroxyl groups is 1. The van der Waals surface area contributed by atoms with Crippen molar-refractivity contribution in [1.29, 1.82) is 5.26 Å². The highest BCUT2D eigenvalue weighted by molar-refractivity contribution is 7.99. The number of thioether (sulfide) groups is 1. The molecule has 1 saturated carbocycles. The zero-order valence-corrected chi connectivity index (χ0v) is 19.0. The topological polar surface area (TPSA) is 50.5 Å². The fourth-order valence-corrected chi connectivity index (χ4v) is 5.89. The van der Waals surface area contributed by atoms with Gasteiger partial charge in [-0.1, -0.05) is 48.5 Å². The van der Waals surface area contributed by atoms with Gasteiger partial charge in [0.1, 0.15) is 0 Å². The molecule has 2 aromatic rings. The normalized spacial score (nSPS) is 26.3. The molecule has 0 radical (unpaired) electrons. The molecule has 164 valence electrons. The highest BCUT2D eigenvalue weighted by Gasteiger charge is 2.39.